The van der Waals surface area contributed by atoms with Crippen LogP contribution in [0.15, 0.2) is 29.1 Å². The number of aliphatic hydroxyl groups is 2. The minimum Gasteiger partial charge on any atom is -0.410 e. The molecule has 10 heteroatoms. The van der Waals surface area contributed by atoms with E-state index in [0.29, 0.717) is 60.4 Å². The summed E-state index contributed by atoms with van der Waals surface area (Å²) < 4.78 is 12.9. The highest BCUT2D eigenvalue weighted by atomic mass is 16.6. The van der Waals surface area contributed by atoms with Crippen LogP contribution in [0.25, 0.3) is 22.3 Å². The summed E-state index contributed by atoms with van der Waals surface area (Å²) in [5.74, 6) is 0.481. The minimum atomic E-state index is -1.67. The highest BCUT2D eigenvalue weighted by Gasteiger charge is 2.44. The van der Waals surface area contributed by atoms with Crippen molar-refractivity contribution in [3.63, 3.8) is 0 Å². The van der Waals surface area contributed by atoms with Crippen molar-refractivity contribution in [3.8, 4) is 17.1 Å². The summed E-state index contributed by atoms with van der Waals surface area (Å²) in [7, 11) is 0. The van der Waals surface area contributed by atoms with Crippen LogP contribution in [0.3, 0.4) is 0 Å². The fraction of sp³-hybridized carbons (Fsp3) is 0.545. The van der Waals surface area contributed by atoms with Gasteiger partial charge in [0.1, 0.15) is 11.4 Å². The number of amides is 1. The molecule has 7 rings (SSSR count). The van der Waals surface area contributed by atoms with Crippen molar-refractivity contribution >= 4 is 17.0 Å². The number of ether oxygens (including phenoxy) is 2. The molecule has 0 radical (unpaired) electrons. The van der Waals surface area contributed by atoms with Crippen molar-refractivity contribution in [3.05, 3.63) is 56.9 Å². The number of piperidine rings is 2. The van der Waals surface area contributed by atoms with Gasteiger partial charge < -0.3 is 34.1 Å². The molecule has 0 bridgehead atoms. The Morgan fingerprint density at radius 3 is 2.58 bits per heavy atom. The zero-order valence-corrected chi connectivity index (χ0v) is 25.0. The van der Waals surface area contributed by atoms with Gasteiger partial charge >= 0.3 is 6.09 Å². The number of pyridine rings is 2. The minimum absolute atomic E-state index is 0.0606. The number of rotatable bonds is 4. The van der Waals surface area contributed by atoms with Gasteiger partial charge in [0.05, 0.1) is 30.1 Å². The van der Waals surface area contributed by atoms with Gasteiger partial charge in [0.2, 0.25) is 0 Å². The molecule has 0 saturated carbocycles. The molecule has 4 aliphatic heterocycles. The van der Waals surface area contributed by atoms with Crippen molar-refractivity contribution < 1.29 is 24.5 Å². The lowest BCUT2D eigenvalue weighted by molar-refractivity contribution is -0.236. The maximum atomic E-state index is 13.6. The first-order valence-corrected chi connectivity index (χ1v) is 15.8. The largest absolute Gasteiger partial charge is 0.415 e. The molecule has 228 valence electrons. The maximum absolute atomic E-state index is 13.6. The number of aliphatic hydroxyl groups excluding tert-OH is 1. The van der Waals surface area contributed by atoms with Crippen LogP contribution in [-0.4, -0.2) is 74.2 Å². The molecule has 4 aliphatic rings. The van der Waals surface area contributed by atoms with E-state index in [9.17, 15) is 19.8 Å². The predicted octanol–water partition coefficient (Wildman–Crippen LogP) is 3.88. The second-order valence-corrected chi connectivity index (χ2v) is 12.4. The summed E-state index contributed by atoms with van der Waals surface area (Å²) in [6.07, 6.45) is 4.99. The molecule has 3 aromatic rings. The number of aryl methyl sites for hydroxylation is 1. The van der Waals surface area contributed by atoms with E-state index in [-0.39, 0.29) is 24.7 Å². The lowest BCUT2D eigenvalue weighted by atomic mass is 9.85. The molecular weight excluding hydrogens is 548 g/mol. The van der Waals surface area contributed by atoms with Gasteiger partial charge in [-0.1, -0.05) is 20.3 Å². The fourth-order valence-electron chi connectivity index (χ4n) is 7.58. The number of fused-ring (bicyclic) bond motifs is 5. The third kappa shape index (κ3) is 4.66. The zero-order valence-electron chi connectivity index (χ0n) is 25.0. The molecule has 6 heterocycles. The Kier molecular flexibility index (Phi) is 7.28. The fourth-order valence-corrected chi connectivity index (χ4v) is 7.58. The van der Waals surface area contributed by atoms with Crippen LogP contribution >= 0.6 is 0 Å². The quantitative estimate of drug-likeness (QED) is 0.369. The van der Waals surface area contributed by atoms with E-state index in [0.717, 1.165) is 34.9 Å². The number of benzene rings is 1. The van der Waals surface area contributed by atoms with Crippen molar-refractivity contribution in [2.75, 3.05) is 26.2 Å². The van der Waals surface area contributed by atoms with E-state index in [2.05, 4.69) is 11.8 Å². The second kappa shape index (κ2) is 11.0. The first kappa shape index (κ1) is 28.5. The molecule has 2 N–H and O–H groups in total. The monoisotopic (exact) mass is 588 g/mol. The molecule has 0 spiro atoms. The Balaban J connectivity index is 1.16. The molecular formula is C33H40N4O6. The summed E-state index contributed by atoms with van der Waals surface area (Å²) in [4.78, 5) is 36.1. The lowest BCUT2D eigenvalue weighted by Gasteiger charge is -2.39. The number of likely N-dealkylation sites (tertiary alicyclic amines) is 2. The number of carbonyl (C=O) groups is 1. The first-order chi connectivity index (χ1) is 20.8. The Morgan fingerprint density at radius 2 is 1.86 bits per heavy atom. The number of aromatic nitrogens is 2. The van der Waals surface area contributed by atoms with Crippen molar-refractivity contribution in [1.82, 2.24) is 19.4 Å². The molecule has 2 atom stereocenters. The van der Waals surface area contributed by atoms with E-state index >= 15 is 0 Å². The van der Waals surface area contributed by atoms with Gasteiger partial charge in [-0.05, 0) is 81.4 Å². The van der Waals surface area contributed by atoms with Crippen LogP contribution in [0.5, 0.6) is 5.75 Å². The van der Waals surface area contributed by atoms with Gasteiger partial charge in [-0.2, -0.15) is 0 Å². The molecule has 2 saturated heterocycles. The van der Waals surface area contributed by atoms with Crippen molar-refractivity contribution in [2.45, 2.75) is 89.9 Å². The van der Waals surface area contributed by atoms with E-state index in [1.165, 1.54) is 32.4 Å². The number of hydrogen-bond acceptors (Lipinski definition) is 8. The van der Waals surface area contributed by atoms with Crippen LogP contribution in [-0.2, 0) is 29.9 Å². The van der Waals surface area contributed by atoms with Crippen molar-refractivity contribution in [1.29, 1.82) is 0 Å². The van der Waals surface area contributed by atoms with E-state index in [1.54, 1.807) is 23.6 Å². The predicted molar refractivity (Wildman–Crippen MR) is 161 cm³/mol. The Bertz CT molecular complexity index is 1640. The molecule has 43 heavy (non-hydrogen) atoms. The highest BCUT2D eigenvalue weighted by molar-refractivity contribution is 5.89. The topological polar surface area (TPSA) is 117 Å². The molecule has 1 aromatic carbocycles. The normalized spacial score (nSPS) is 24.1. The molecule has 2 unspecified atom stereocenters. The van der Waals surface area contributed by atoms with Crippen molar-refractivity contribution in [2.24, 2.45) is 0 Å². The summed E-state index contributed by atoms with van der Waals surface area (Å²) in [6.45, 7) is 7.86. The molecule has 2 fully saturated rings. The average molecular weight is 589 g/mol. The molecule has 2 aromatic heterocycles. The lowest BCUT2D eigenvalue weighted by Crippen LogP contribution is -2.48. The Hall–Kier alpha value is -3.31. The zero-order chi connectivity index (χ0) is 29.9. The van der Waals surface area contributed by atoms with Gasteiger partial charge in [-0.15, -0.1) is 0 Å². The second-order valence-electron chi connectivity index (χ2n) is 12.4. The van der Waals surface area contributed by atoms with Gasteiger partial charge in [-0.3, -0.25) is 4.79 Å². The van der Waals surface area contributed by atoms with E-state index < -0.39 is 11.9 Å². The van der Waals surface area contributed by atoms with Gasteiger partial charge in [0.15, 0.2) is 6.29 Å². The summed E-state index contributed by atoms with van der Waals surface area (Å²) in [5, 5.41) is 22.6. The van der Waals surface area contributed by atoms with E-state index in [1.807, 2.05) is 17.0 Å². The number of hydrogen-bond donors (Lipinski definition) is 2. The van der Waals surface area contributed by atoms with Crippen LogP contribution in [0.4, 0.5) is 4.79 Å². The first-order valence-electron chi connectivity index (χ1n) is 15.8. The Labute approximate surface area is 250 Å². The third-order valence-corrected chi connectivity index (χ3v) is 10.1. The van der Waals surface area contributed by atoms with Crippen LogP contribution in [0.2, 0.25) is 0 Å². The SMILES string of the molecule is CCc1c2c(nc3ccc(OC(=O)N4CCC(N5CCCCC5)CC4)cc13)-c1cc3c(c(=O)n1C2)COC(O)C3(O)CC. The Morgan fingerprint density at radius 1 is 1.09 bits per heavy atom. The molecule has 10 nitrogen and oxygen atoms in total. The summed E-state index contributed by atoms with van der Waals surface area (Å²) in [6, 6.07) is 7.87. The summed E-state index contributed by atoms with van der Waals surface area (Å²) >= 11 is 0. The average Bonchev–Trinajstić information content (AvgIpc) is 3.41. The van der Waals surface area contributed by atoms with Crippen LogP contribution in [0.1, 0.15) is 74.6 Å². The number of carbonyl (C=O) groups excluding carboxylic acids is 1. The number of nitrogens with zero attached hydrogens (tertiary/aromatic N) is 4. The molecule has 1 amide bonds. The van der Waals surface area contributed by atoms with E-state index in [4.69, 9.17) is 14.5 Å². The third-order valence-electron chi connectivity index (χ3n) is 10.1. The van der Waals surface area contributed by atoms with Gasteiger partial charge in [0, 0.05) is 41.2 Å². The highest BCUT2D eigenvalue weighted by Crippen LogP contribution is 2.41. The maximum Gasteiger partial charge on any atom is 0.415 e. The molecule has 0 aliphatic carbocycles. The van der Waals surface area contributed by atoms with Crippen LogP contribution in [0, 0.1) is 0 Å². The van der Waals surface area contributed by atoms with Gasteiger partial charge in [-0.25, -0.2) is 9.78 Å². The smallest absolute Gasteiger partial charge is 0.410 e. The van der Waals surface area contributed by atoms with Gasteiger partial charge in [0.25, 0.3) is 5.56 Å². The van der Waals surface area contributed by atoms with Crippen LogP contribution < -0.4 is 10.3 Å². The summed E-state index contributed by atoms with van der Waals surface area (Å²) in [5.41, 5.74) is 2.91. The standard InChI is InChI=1S/C33H40N4O6/c1-3-22-23-16-21(43-32(40)36-14-10-20(11-15-36)35-12-6-5-7-13-35)8-9-27(23)34-29-24(22)18-37-28(29)17-26-25(30(37)38)19-42-31(39)33(26,41)4-2/h8-9,16-17,20,31,39,41H,3-7,10-15,18-19H2,1-2H3.